The van der Waals surface area contributed by atoms with E-state index < -0.39 is 17.3 Å². The number of ether oxygens (including phenoxy) is 2. The average Bonchev–Trinajstić information content (AvgIpc) is 3.47. The summed E-state index contributed by atoms with van der Waals surface area (Å²) in [6.07, 6.45) is 1.77. The Morgan fingerprint density at radius 1 is 1.31 bits per heavy atom. The molecule has 1 aromatic carbocycles. The molecule has 8 heteroatoms. The van der Waals surface area contributed by atoms with Gasteiger partial charge in [0.1, 0.15) is 16.7 Å². The van der Waals surface area contributed by atoms with Crippen LogP contribution in [0, 0.1) is 6.92 Å². The van der Waals surface area contributed by atoms with Crippen LogP contribution >= 0.6 is 0 Å². The molecule has 1 aliphatic carbocycles. The van der Waals surface area contributed by atoms with E-state index in [-0.39, 0.29) is 34.4 Å². The van der Waals surface area contributed by atoms with Crippen molar-refractivity contribution in [1.82, 2.24) is 4.57 Å². The van der Waals surface area contributed by atoms with Gasteiger partial charge in [0.15, 0.2) is 0 Å². The molecule has 2 aromatic rings. The molecule has 1 spiro atoms. The number of benzene rings is 1. The highest BCUT2D eigenvalue weighted by molar-refractivity contribution is 6.17. The number of nitrogens with zero attached hydrogens (tertiary/aromatic N) is 1. The molecule has 29 heavy (non-hydrogen) atoms. The van der Waals surface area contributed by atoms with Crippen LogP contribution in [0.2, 0.25) is 0 Å². The average molecular weight is 393 g/mol. The van der Waals surface area contributed by atoms with Gasteiger partial charge in [-0.1, -0.05) is 18.2 Å². The predicted octanol–water partition coefficient (Wildman–Crippen LogP) is 1.47. The van der Waals surface area contributed by atoms with Crippen molar-refractivity contribution in [3.8, 4) is 5.75 Å². The summed E-state index contributed by atoms with van der Waals surface area (Å²) in [5, 5.41) is 2.79. The Hall–Kier alpha value is -3.55. The lowest BCUT2D eigenvalue weighted by atomic mass is 9.68. The normalized spacial score (nSPS) is 22.1. The Kier molecular flexibility index (Phi) is 3.46. The Labute approximate surface area is 165 Å². The van der Waals surface area contributed by atoms with Crippen molar-refractivity contribution in [2.45, 2.75) is 31.2 Å². The molecule has 0 bridgehead atoms. The van der Waals surface area contributed by atoms with E-state index in [9.17, 15) is 14.4 Å². The maximum absolute atomic E-state index is 13.7. The fraction of sp³-hybridized carbons (Fsp3) is 0.286. The number of fused-ring (bicyclic) bond motifs is 4. The molecule has 1 saturated carbocycles. The van der Waals surface area contributed by atoms with Crippen LogP contribution in [-0.2, 0) is 19.7 Å². The number of carbonyl (C=O) groups excluding carboxylic acids is 2. The standard InChI is InChI=1S/C21H19N3O5/c1-10-9-14-15(18(25)24(10)11-7-8-11)21(16(17(22)29-14)19(26)28-2)12-5-3-4-6-13(12)23-20(21)27/h3-6,9,11H,7-8,22H2,1-2H3,(H,23,27). The number of para-hydroxylation sites is 1. The molecule has 5 rings (SSSR count). The molecule has 3 aliphatic rings. The van der Waals surface area contributed by atoms with Crippen LogP contribution in [0.3, 0.4) is 0 Å². The number of nitrogens with one attached hydrogen (secondary N) is 1. The maximum atomic E-state index is 13.7. The van der Waals surface area contributed by atoms with Crippen molar-refractivity contribution in [1.29, 1.82) is 0 Å². The summed E-state index contributed by atoms with van der Waals surface area (Å²) in [6.45, 7) is 1.81. The van der Waals surface area contributed by atoms with Gasteiger partial charge in [-0.05, 0) is 25.8 Å². The van der Waals surface area contributed by atoms with Gasteiger partial charge >= 0.3 is 5.97 Å². The third-order valence-corrected chi connectivity index (χ3v) is 5.84. The smallest absolute Gasteiger partial charge is 0.340 e. The van der Waals surface area contributed by atoms with Gasteiger partial charge in [0.05, 0.1) is 12.7 Å². The molecule has 0 saturated heterocycles. The molecule has 3 heterocycles. The number of pyridine rings is 1. The van der Waals surface area contributed by atoms with E-state index in [1.807, 2.05) is 6.92 Å². The second-order valence-electron chi connectivity index (χ2n) is 7.51. The van der Waals surface area contributed by atoms with Crippen molar-refractivity contribution in [2.24, 2.45) is 5.73 Å². The van der Waals surface area contributed by atoms with Crippen LogP contribution in [-0.4, -0.2) is 23.6 Å². The summed E-state index contributed by atoms with van der Waals surface area (Å²) < 4.78 is 12.3. The number of carbonyl (C=O) groups is 2. The van der Waals surface area contributed by atoms with Gasteiger partial charge in [0.25, 0.3) is 5.56 Å². The fourth-order valence-corrected chi connectivity index (χ4v) is 4.52. The highest BCUT2D eigenvalue weighted by Gasteiger charge is 2.60. The number of amides is 1. The Balaban J connectivity index is 1.95. The Morgan fingerprint density at radius 3 is 2.72 bits per heavy atom. The van der Waals surface area contributed by atoms with Crippen LogP contribution in [0.1, 0.15) is 35.7 Å². The van der Waals surface area contributed by atoms with Crippen LogP contribution in [0.4, 0.5) is 5.69 Å². The first kappa shape index (κ1) is 17.5. The number of aryl methyl sites for hydroxylation is 1. The van der Waals surface area contributed by atoms with Gasteiger partial charge < -0.3 is 25.1 Å². The molecule has 8 nitrogen and oxygen atoms in total. The number of hydrogen-bond donors (Lipinski definition) is 2. The highest BCUT2D eigenvalue weighted by atomic mass is 16.5. The largest absolute Gasteiger partial charge is 0.465 e. The minimum absolute atomic E-state index is 0.0781. The van der Waals surface area contributed by atoms with E-state index in [0.29, 0.717) is 16.9 Å². The number of anilines is 1. The molecule has 0 radical (unpaired) electrons. The second-order valence-corrected chi connectivity index (χ2v) is 7.51. The zero-order valence-electron chi connectivity index (χ0n) is 15.9. The molecule has 3 N–H and O–H groups in total. The first-order chi connectivity index (χ1) is 13.9. The molecule has 1 unspecified atom stereocenters. The van der Waals surface area contributed by atoms with E-state index in [1.54, 1.807) is 34.9 Å². The zero-order chi connectivity index (χ0) is 20.5. The van der Waals surface area contributed by atoms with Gasteiger partial charge in [-0.3, -0.25) is 9.59 Å². The van der Waals surface area contributed by atoms with Gasteiger partial charge in [0.2, 0.25) is 11.8 Å². The van der Waals surface area contributed by atoms with E-state index in [4.69, 9.17) is 15.2 Å². The summed E-state index contributed by atoms with van der Waals surface area (Å²) >= 11 is 0. The lowest BCUT2D eigenvalue weighted by molar-refractivity contribution is -0.138. The van der Waals surface area contributed by atoms with Crippen molar-refractivity contribution in [3.63, 3.8) is 0 Å². The van der Waals surface area contributed by atoms with Crippen molar-refractivity contribution >= 4 is 17.6 Å². The predicted molar refractivity (Wildman–Crippen MR) is 103 cm³/mol. The van der Waals surface area contributed by atoms with Gasteiger partial charge in [0, 0.05) is 29.1 Å². The lowest BCUT2D eigenvalue weighted by Gasteiger charge is -2.35. The molecule has 1 atom stereocenters. The van der Waals surface area contributed by atoms with Crippen LogP contribution in [0.5, 0.6) is 5.75 Å². The monoisotopic (exact) mass is 393 g/mol. The summed E-state index contributed by atoms with van der Waals surface area (Å²) in [6, 6.07) is 8.71. The highest BCUT2D eigenvalue weighted by Crippen LogP contribution is 2.52. The summed E-state index contributed by atoms with van der Waals surface area (Å²) in [4.78, 5) is 39.9. The minimum atomic E-state index is -1.73. The van der Waals surface area contributed by atoms with Crippen molar-refractivity contribution in [3.05, 3.63) is 69.0 Å². The van der Waals surface area contributed by atoms with E-state index >= 15 is 0 Å². The lowest BCUT2D eigenvalue weighted by Crippen LogP contribution is -2.50. The van der Waals surface area contributed by atoms with E-state index in [2.05, 4.69) is 5.32 Å². The number of esters is 1. The molecule has 1 fully saturated rings. The van der Waals surface area contributed by atoms with Gasteiger partial charge in [-0.2, -0.15) is 0 Å². The van der Waals surface area contributed by atoms with E-state index in [1.165, 1.54) is 7.11 Å². The zero-order valence-corrected chi connectivity index (χ0v) is 15.9. The molecule has 1 aromatic heterocycles. The third-order valence-electron chi connectivity index (χ3n) is 5.84. The Morgan fingerprint density at radius 2 is 2.03 bits per heavy atom. The van der Waals surface area contributed by atoms with Crippen LogP contribution < -0.4 is 21.3 Å². The first-order valence-electron chi connectivity index (χ1n) is 9.35. The summed E-state index contributed by atoms with van der Waals surface area (Å²) in [7, 11) is 1.20. The molecule has 1 amide bonds. The summed E-state index contributed by atoms with van der Waals surface area (Å²) in [5.41, 5.74) is 5.64. The molecular weight excluding hydrogens is 374 g/mol. The quantitative estimate of drug-likeness (QED) is 0.747. The number of aromatic nitrogens is 1. The third kappa shape index (κ3) is 2.11. The minimum Gasteiger partial charge on any atom is -0.465 e. The molecular formula is C21H19N3O5. The van der Waals surface area contributed by atoms with Crippen molar-refractivity contribution in [2.75, 3.05) is 12.4 Å². The van der Waals surface area contributed by atoms with Gasteiger partial charge in [-0.25, -0.2) is 4.79 Å². The van der Waals surface area contributed by atoms with Gasteiger partial charge in [-0.15, -0.1) is 0 Å². The Bertz CT molecular complexity index is 1190. The van der Waals surface area contributed by atoms with Crippen LogP contribution in [0.25, 0.3) is 0 Å². The van der Waals surface area contributed by atoms with E-state index in [0.717, 1.165) is 12.8 Å². The molecule has 148 valence electrons. The maximum Gasteiger partial charge on any atom is 0.340 e. The fourth-order valence-electron chi connectivity index (χ4n) is 4.52. The number of rotatable bonds is 2. The molecule has 2 aliphatic heterocycles. The van der Waals surface area contributed by atoms with Crippen LogP contribution in [0.15, 0.2) is 46.6 Å². The summed E-state index contributed by atoms with van der Waals surface area (Å²) in [5.74, 6) is -1.42. The number of hydrogen-bond acceptors (Lipinski definition) is 6. The number of methoxy groups -OCH3 is 1. The topological polar surface area (TPSA) is 113 Å². The second kappa shape index (κ2) is 5.73. The van der Waals surface area contributed by atoms with Crippen molar-refractivity contribution < 1.29 is 19.1 Å². The SMILES string of the molecule is COC(=O)C1=C(N)Oc2cc(C)n(C3CC3)c(=O)c2C12C(=O)Nc1ccccc12. The number of nitrogens with two attached hydrogens (primary N) is 1. The first-order valence-corrected chi connectivity index (χ1v) is 9.35.